The van der Waals surface area contributed by atoms with E-state index in [9.17, 15) is 9.59 Å². The first-order chi connectivity index (χ1) is 15.4. The van der Waals surface area contributed by atoms with Gasteiger partial charge in [0.05, 0.1) is 22.3 Å². The first-order valence-corrected chi connectivity index (χ1v) is 10.9. The fraction of sp³-hybridized carbons (Fsp3) is 0.0952. The largest absolute Gasteiger partial charge is 0.368 e. The SMILES string of the molecule is Cc1c(Cl)cccc1-n1c(SCc2cc(=O)n3[nH]c(N)nc3n2)nc2ccccc2c1=O. The number of aromatic nitrogens is 6. The van der Waals surface area contributed by atoms with Crippen molar-refractivity contribution in [1.82, 2.24) is 29.1 Å². The number of thioether (sulfide) groups is 1. The lowest BCUT2D eigenvalue weighted by Crippen LogP contribution is -2.22. The molecule has 0 aliphatic carbocycles. The molecule has 32 heavy (non-hydrogen) atoms. The van der Waals surface area contributed by atoms with Gasteiger partial charge in [-0.1, -0.05) is 41.6 Å². The maximum Gasteiger partial charge on any atom is 0.274 e. The van der Waals surface area contributed by atoms with Gasteiger partial charge in [-0.2, -0.15) is 9.50 Å². The van der Waals surface area contributed by atoms with Crippen molar-refractivity contribution in [2.45, 2.75) is 17.8 Å². The Morgan fingerprint density at radius 1 is 1.09 bits per heavy atom. The van der Waals surface area contributed by atoms with Gasteiger partial charge in [-0.05, 0) is 36.8 Å². The van der Waals surface area contributed by atoms with Crippen LogP contribution in [0, 0.1) is 6.92 Å². The first-order valence-electron chi connectivity index (χ1n) is 9.56. The average molecular weight is 466 g/mol. The van der Waals surface area contributed by atoms with Crippen LogP contribution in [-0.2, 0) is 5.75 Å². The predicted molar refractivity (Wildman–Crippen MR) is 125 cm³/mol. The standard InChI is InChI=1S/C21H16ClN7O2S/c1-11-14(22)6-4-8-16(11)28-18(31)13-5-2-3-7-15(13)25-21(28)32-10-12-9-17(30)29-20(24-12)26-19(23)27-29/h2-9H,10H2,1H3,(H3,23,24,26,27). The summed E-state index contributed by atoms with van der Waals surface area (Å²) in [6.07, 6.45) is 0. The highest BCUT2D eigenvalue weighted by molar-refractivity contribution is 7.98. The number of rotatable bonds is 4. The Labute approximate surface area is 189 Å². The van der Waals surface area contributed by atoms with Crippen molar-refractivity contribution in [2.75, 3.05) is 5.73 Å². The number of halogens is 1. The molecular formula is C21H16ClN7O2S. The molecule has 11 heteroatoms. The third kappa shape index (κ3) is 3.43. The Balaban J connectivity index is 1.64. The smallest absolute Gasteiger partial charge is 0.274 e. The normalized spacial score (nSPS) is 11.4. The molecule has 0 saturated carbocycles. The number of nitrogens with zero attached hydrogens (tertiary/aromatic N) is 5. The van der Waals surface area contributed by atoms with E-state index in [1.807, 2.05) is 19.1 Å². The summed E-state index contributed by atoms with van der Waals surface area (Å²) in [5, 5.41) is 4.14. The number of benzene rings is 2. The van der Waals surface area contributed by atoms with Crippen molar-refractivity contribution in [2.24, 2.45) is 0 Å². The van der Waals surface area contributed by atoms with Crippen molar-refractivity contribution in [3.8, 4) is 5.69 Å². The van der Waals surface area contributed by atoms with E-state index in [0.29, 0.717) is 38.2 Å². The summed E-state index contributed by atoms with van der Waals surface area (Å²) in [5.41, 5.74) is 7.57. The van der Waals surface area contributed by atoms with Crippen molar-refractivity contribution in [3.05, 3.63) is 85.5 Å². The zero-order valence-electron chi connectivity index (χ0n) is 16.7. The minimum Gasteiger partial charge on any atom is -0.368 e. The molecule has 0 saturated heterocycles. The van der Waals surface area contributed by atoms with Gasteiger partial charge >= 0.3 is 0 Å². The van der Waals surface area contributed by atoms with Crippen molar-refractivity contribution >= 4 is 46.0 Å². The zero-order valence-corrected chi connectivity index (χ0v) is 18.3. The molecule has 5 aromatic rings. The van der Waals surface area contributed by atoms with Crippen LogP contribution >= 0.6 is 23.4 Å². The van der Waals surface area contributed by atoms with Gasteiger partial charge in [0.25, 0.3) is 16.9 Å². The lowest BCUT2D eigenvalue weighted by Gasteiger charge is -2.15. The van der Waals surface area contributed by atoms with Gasteiger partial charge in [-0.3, -0.25) is 19.3 Å². The van der Waals surface area contributed by atoms with E-state index in [1.165, 1.54) is 22.3 Å². The Bertz CT molecular complexity index is 1620. The van der Waals surface area contributed by atoms with Gasteiger partial charge in [-0.15, -0.1) is 0 Å². The highest BCUT2D eigenvalue weighted by Gasteiger charge is 2.17. The molecule has 0 amide bonds. The molecule has 0 bridgehead atoms. The number of hydrogen-bond donors (Lipinski definition) is 2. The van der Waals surface area contributed by atoms with E-state index in [2.05, 4.69) is 15.1 Å². The summed E-state index contributed by atoms with van der Waals surface area (Å²) < 4.78 is 2.72. The van der Waals surface area contributed by atoms with E-state index in [1.54, 1.807) is 34.9 Å². The molecular weight excluding hydrogens is 450 g/mol. The molecule has 0 atom stereocenters. The molecule has 0 unspecified atom stereocenters. The van der Waals surface area contributed by atoms with Crippen LogP contribution in [0.25, 0.3) is 22.4 Å². The van der Waals surface area contributed by atoms with E-state index >= 15 is 0 Å². The first kappa shape index (κ1) is 20.3. The molecule has 160 valence electrons. The van der Waals surface area contributed by atoms with Crippen LogP contribution in [0.4, 0.5) is 5.95 Å². The molecule has 0 radical (unpaired) electrons. The third-order valence-corrected chi connectivity index (χ3v) is 6.36. The molecule has 3 aromatic heterocycles. The molecule has 0 fully saturated rings. The summed E-state index contributed by atoms with van der Waals surface area (Å²) in [5.74, 6) is 0.573. The number of aromatic amines is 1. The number of para-hydroxylation sites is 1. The van der Waals surface area contributed by atoms with E-state index < -0.39 is 0 Å². The highest BCUT2D eigenvalue weighted by Crippen LogP contribution is 2.27. The fourth-order valence-electron chi connectivity index (χ4n) is 3.42. The Morgan fingerprint density at radius 2 is 1.91 bits per heavy atom. The van der Waals surface area contributed by atoms with Gasteiger partial charge in [0, 0.05) is 16.8 Å². The second-order valence-corrected chi connectivity index (χ2v) is 8.40. The van der Waals surface area contributed by atoms with Crippen LogP contribution in [0.5, 0.6) is 0 Å². The van der Waals surface area contributed by atoms with Crippen LogP contribution in [0.3, 0.4) is 0 Å². The van der Waals surface area contributed by atoms with Crippen molar-refractivity contribution in [1.29, 1.82) is 0 Å². The number of fused-ring (bicyclic) bond motifs is 2. The topological polar surface area (TPSA) is 124 Å². The molecule has 0 spiro atoms. The number of anilines is 1. The van der Waals surface area contributed by atoms with Gasteiger partial charge in [0.1, 0.15) is 0 Å². The van der Waals surface area contributed by atoms with E-state index in [-0.39, 0.29) is 22.8 Å². The third-order valence-electron chi connectivity index (χ3n) is 4.97. The van der Waals surface area contributed by atoms with Gasteiger partial charge in [-0.25, -0.2) is 9.97 Å². The summed E-state index contributed by atoms with van der Waals surface area (Å²) in [7, 11) is 0. The number of H-pyrrole nitrogens is 1. The minimum atomic E-state index is -0.329. The quantitative estimate of drug-likeness (QED) is 0.309. The zero-order chi connectivity index (χ0) is 22.4. The van der Waals surface area contributed by atoms with Crippen molar-refractivity contribution < 1.29 is 0 Å². The molecule has 9 nitrogen and oxygen atoms in total. The van der Waals surface area contributed by atoms with Gasteiger partial charge in [0.15, 0.2) is 5.16 Å². The fourth-order valence-corrected chi connectivity index (χ4v) is 4.48. The van der Waals surface area contributed by atoms with E-state index in [0.717, 1.165) is 5.56 Å². The van der Waals surface area contributed by atoms with Crippen molar-refractivity contribution in [3.63, 3.8) is 0 Å². The van der Waals surface area contributed by atoms with Crippen LogP contribution in [-0.4, -0.2) is 29.1 Å². The molecule has 0 aliphatic rings. The monoisotopic (exact) mass is 465 g/mol. The van der Waals surface area contributed by atoms with Crippen LogP contribution < -0.4 is 16.9 Å². The average Bonchev–Trinajstić information content (AvgIpc) is 3.16. The summed E-state index contributed by atoms with van der Waals surface area (Å²) in [6, 6.07) is 13.9. The van der Waals surface area contributed by atoms with Crippen LogP contribution in [0.15, 0.2) is 63.3 Å². The molecule has 0 aliphatic heterocycles. The number of nitrogens with one attached hydrogen (secondary N) is 1. The predicted octanol–water partition coefficient (Wildman–Crippen LogP) is 2.95. The highest BCUT2D eigenvalue weighted by atomic mass is 35.5. The number of nitrogens with two attached hydrogens (primary N) is 1. The summed E-state index contributed by atoms with van der Waals surface area (Å²) >= 11 is 7.62. The molecule has 3 heterocycles. The Hall–Kier alpha value is -3.63. The molecule has 2 aromatic carbocycles. The number of hydrogen-bond acceptors (Lipinski definition) is 7. The second kappa shape index (κ2) is 7.81. The number of nitrogen functional groups attached to an aromatic ring is 1. The maximum atomic E-state index is 13.4. The minimum absolute atomic E-state index is 0.0980. The maximum absolute atomic E-state index is 13.4. The Morgan fingerprint density at radius 3 is 2.75 bits per heavy atom. The second-order valence-electron chi connectivity index (χ2n) is 7.05. The van der Waals surface area contributed by atoms with E-state index in [4.69, 9.17) is 22.3 Å². The summed E-state index contributed by atoms with van der Waals surface area (Å²) in [6.45, 7) is 1.85. The summed E-state index contributed by atoms with van der Waals surface area (Å²) in [4.78, 5) is 38.9. The van der Waals surface area contributed by atoms with Crippen LogP contribution in [0.2, 0.25) is 5.02 Å². The van der Waals surface area contributed by atoms with Gasteiger partial charge in [0.2, 0.25) is 5.95 Å². The van der Waals surface area contributed by atoms with Crippen LogP contribution in [0.1, 0.15) is 11.3 Å². The lowest BCUT2D eigenvalue weighted by molar-refractivity contribution is 0.813. The van der Waals surface area contributed by atoms with Gasteiger partial charge < -0.3 is 5.73 Å². The molecule has 5 rings (SSSR count). The lowest BCUT2D eigenvalue weighted by atomic mass is 10.2. The Kier molecular flexibility index (Phi) is 4.95. The molecule has 3 N–H and O–H groups in total.